The molecule has 1 aliphatic rings. The lowest BCUT2D eigenvalue weighted by Crippen LogP contribution is -2.54. The Morgan fingerprint density at radius 2 is 1.62 bits per heavy atom. The first-order valence-electron chi connectivity index (χ1n) is 12.2. The van der Waals surface area contributed by atoms with Gasteiger partial charge >= 0.3 is 0 Å². The fourth-order valence-corrected chi connectivity index (χ4v) is 4.56. The van der Waals surface area contributed by atoms with E-state index in [-0.39, 0.29) is 27.7 Å². The highest BCUT2D eigenvalue weighted by molar-refractivity contribution is 7.80. The summed E-state index contributed by atoms with van der Waals surface area (Å²) >= 11 is 5.34. The average molecular weight is 546 g/mol. The fourth-order valence-electron chi connectivity index (χ4n) is 4.28. The van der Waals surface area contributed by atoms with Crippen molar-refractivity contribution in [3.8, 4) is 11.5 Å². The van der Waals surface area contributed by atoms with E-state index in [2.05, 4.69) is 10.3 Å². The highest BCUT2D eigenvalue weighted by atomic mass is 32.1. The van der Waals surface area contributed by atoms with Gasteiger partial charge in [-0.1, -0.05) is 36.4 Å². The Hall–Kier alpha value is -5.41. The molecular formula is C31H19N3O5S. The number of hydrogen-bond donors (Lipinski definition) is 1. The van der Waals surface area contributed by atoms with Crippen LogP contribution >= 0.6 is 12.2 Å². The van der Waals surface area contributed by atoms with E-state index >= 15 is 0 Å². The number of hydrogen-bond acceptors (Lipinski definition) is 7. The van der Waals surface area contributed by atoms with Crippen LogP contribution in [-0.2, 0) is 9.59 Å². The summed E-state index contributed by atoms with van der Waals surface area (Å²) in [5.74, 6) is -0.443. The highest BCUT2D eigenvalue weighted by Gasteiger charge is 2.35. The van der Waals surface area contributed by atoms with Crippen LogP contribution in [0.5, 0.6) is 11.5 Å². The molecule has 1 fully saturated rings. The van der Waals surface area contributed by atoms with Crippen molar-refractivity contribution in [2.75, 3.05) is 4.90 Å². The van der Waals surface area contributed by atoms with E-state index in [9.17, 15) is 14.4 Å². The number of rotatable bonds is 6. The number of nitrogens with one attached hydrogen (secondary N) is 1. The molecule has 8 nitrogen and oxygen atoms in total. The molecule has 1 aliphatic heterocycles. The third kappa shape index (κ3) is 4.77. The molecule has 1 N–H and O–H groups in total. The highest BCUT2D eigenvalue weighted by Crippen LogP contribution is 2.28. The Bertz CT molecular complexity index is 1810. The molecule has 0 bridgehead atoms. The molecule has 0 atom stereocenters. The number of nitrogens with zero attached hydrogens (tertiary/aromatic N) is 2. The van der Waals surface area contributed by atoms with Crippen molar-refractivity contribution in [1.29, 1.82) is 0 Å². The van der Waals surface area contributed by atoms with Crippen LogP contribution in [0.15, 0.2) is 113 Å². The van der Waals surface area contributed by atoms with Gasteiger partial charge in [0.1, 0.15) is 17.1 Å². The van der Waals surface area contributed by atoms with Gasteiger partial charge in [-0.3, -0.25) is 24.6 Å². The van der Waals surface area contributed by atoms with E-state index in [1.807, 2.05) is 48.5 Å². The molecule has 40 heavy (non-hydrogen) atoms. The molecule has 2 aromatic heterocycles. The van der Waals surface area contributed by atoms with Crippen LogP contribution in [0.25, 0.3) is 17.0 Å². The van der Waals surface area contributed by atoms with Gasteiger partial charge in [0.05, 0.1) is 28.7 Å². The van der Waals surface area contributed by atoms with Gasteiger partial charge in [-0.15, -0.1) is 0 Å². The summed E-state index contributed by atoms with van der Waals surface area (Å²) in [6, 6.07) is 28.0. The number of fused-ring (bicyclic) bond motifs is 1. The van der Waals surface area contributed by atoms with Crippen LogP contribution in [0.1, 0.15) is 21.8 Å². The molecule has 194 valence electrons. The van der Waals surface area contributed by atoms with Crippen molar-refractivity contribution in [1.82, 2.24) is 10.3 Å². The van der Waals surface area contributed by atoms with Gasteiger partial charge in [-0.2, -0.15) is 0 Å². The Kier molecular flexibility index (Phi) is 6.47. The maximum Gasteiger partial charge on any atom is 0.270 e. The van der Waals surface area contributed by atoms with E-state index in [0.29, 0.717) is 22.7 Å². The SMILES string of the molecule is O=C1NC(=S)N(c2ccc(Oc3ccccc3)cc2)C(=O)/C1=C\c1nc2ccccc2cc1C(=O)c1ccco1. The zero-order valence-electron chi connectivity index (χ0n) is 20.7. The molecule has 0 aliphatic carbocycles. The molecule has 2 amide bonds. The number of thiocarbonyl (C=S) groups is 1. The third-order valence-corrected chi connectivity index (χ3v) is 6.48. The summed E-state index contributed by atoms with van der Waals surface area (Å²) < 4.78 is 11.1. The molecule has 0 spiro atoms. The van der Waals surface area contributed by atoms with Gasteiger partial charge < -0.3 is 9.15 Å². The lowest BCUT2D eigenvalue weighted by molar-refractivity contribution is -0.122. The topological polar surface area (TPSA) is 102 Å². The van der Waals surface area contributed by atoms with Gasteiger partial charge in [-0.05, 0) is 79.0 Å². The second-order valence-corrected chi connectivity index (χ2v) is 9.17. The molecule has 0 unspecified atom stereocenters. The average Bonchev–Trinajstić information content (AvgIpc) is 3.51. The van der Waals surface area contributed by atoms with Crippen molar-refractivity contribution >= 4 is 57.6 Å². The van der Waals surface area contributed by atoms with Gasteiger partial charge in [0, 0.05) is 5.39 Å². The van der Waals surface area contributed by atoms with Crippen LogP contribution in [0.2, 0.25) is 0 Å². The first kappa shape index (κ1) is 24.9. The number of pyridine rings is 1. The predicted molar refractivity (Wildman–Crippen MR) is 153 cm³/mol. The molecule has 5 aromatic rings. The number of ether oxygens (including phenoxy) is 1. The Labute approximate surface area is 233 Å². The Balaban J connectivity index is 1.37. The number of furan rings is 1. The van der Waals surface area contributed by atoms with Crippen molar-refractivity contribution < 1.29 is 23.5 Å². The lowest BCUT2D eigenvalue weighted by Gasteiger charge is -2.29. The van der Waals surface area contributed by atoms with Crippen LogP contribution < -0.4 is 15.0 Å². The van der Waals surface area contributed by atoms with Gasteiger partial charge in [-0.25, -0.2) is 4.98 Å². The van der Waals surface area contributed by atoms with Crippen molar-refractivity contribution in [3.05, 3.63) is 126 Å². The van der Waals surface area contributed by atoms with Crippen molar-refractivity contribution in [2.24, 2.45) is 0 Å². The monoisotopic (exact) mass is 545 g/mol. The normalized spacial score (nSPS) is 14.4. The standard InChI is InChI=1S/C31H19N3O5S/c35-28(27-11-6-16-38-27)23-17-19-7-4-5-10-25(19)32-26(23)18-24-29(36)33-31(40)34(30(24)37)20-12-14-22(15-13-20)39-21-8-2-1-3-9-21/h1-18H,(H,33,36,40)/b24-18-. The predicted octanol–water partition coefficient (Wildman–Crippen LogP) is 5.68. The first-order valence-corrected chi connectivity index (χ1v) is 12.6. The molecule has 6 rings (SSSR count). The van der Waals surface area contributed by atoms with Crippen molar-refractivity contribution in [2.45, 2.75) is 0 Å². The van der Waals surface area contributed by atoms with Crippen LogP contribution in [0, 0.1) is 0 Å². The molecule has 0 saturated carbocycles. The second-order valence-electron chi connectivity index (χ2n) is 8.79. The van der Waals surface area contributed by atoms with E-state index in [1.165, 1.54) is 23.3 Å². The first-order chi connectivity index (χ1) is 19.5. The number of amides is 2. The lowest BCUT2D eigenvalue weighted by atomic mass is 10.0. The quantitative estimate of drug-likeness (QED) is 0.127. The summed E-state index contributed by atoms with van der Waals surface area (Å²) in [6.45, 7) is 0. The number of ketones is 1. The fraction of sp³-hybridized carbons (Fsp3) is 0. The van der Waals surface area contributed by atoms with Crippen LogP contribution in [-0.4, -0.2) is 27.7 Å². The smallest absolute Gasteiger partial charge is 0.270 e. The van der Waals surface area contributed by atoms with Crippen LogP contribution in [0.3, 0.4) is 0 Å². The molecule has 9 heteroatoms. The Morgan fingerprint density at radius 3 is 2.38 bits per heavy atom. The largest absolute Gasteiger partial charge is 0.461 e. The summed E-state index contributed by atoms with van der Waals surface area (Å²) in [6.07, 6.45) is 2.70. The number of para-hydroxylation sites is 2. The van der Waals surface area contributed by atoms with Crippen molar-refractivity contribution in [3.63, 3.8) is 0 Å². The summed E-state index contributed by atoms with van der Waals surface area (Å²) in [5.41, 5.74) is 1.13. The van der Waals surface area contributed by atoms with E-state index in [0.717, 1.165) is 5.39 Å². The van der Waals surface area contributed by atoms with Crippen LogP contribution in [0.4, 0.5) is 5.69 Å². The minimum Gasteiger partial charge on any atom is -0.461 e. The van der Waals surface area contributed by atoms with E-state index in [4.69, 9.17) is 21.4 Å². The maximum absolute atomic E-state index is 13.6. The maximum atomic E-state index is 13.6. The number of carbonyl (C=O) groups is 3. The molecule has 0 radical (unpaired) electrons. The third-order valence-electron chi connectivity index (χ3n) is 6.20. The number of carbonyl (C=O) groups excluding carboxylic acids is 3. The molecule has 3 aromatic carbocycles. The minimum absolute atomic E-state index is 0.0674. The summed E-state index contributed by atoms with van der Waals surface area (Å²) in [4.78, 5) is 45.7. The zero-order chi connectivity index (χ0) is 27.6. The summed E-state index contributed by atoms with van der Waals surface area (Å²) in [5, 5.41) is 3.22. The summed E-state index contributed by atoms with van der Waals surface area (Å²) in [7, 11) is 0. The minimum atomic E-state index is -0.693. The molecule has 1 saturated heterocycles. The van der Waals surface area contributed by atoms with Gasteiger partial charge in [0.15, 0.2) is 10.9 Å². The number of aromatic nitrogens is 1. The van der Waals surface area contributed by atoms with E-state index in [1.54, 1.807) is 42.5 Å². The molecule has 3 heterocycles. The Morgan fingerprint density at radius 1 is 0.900 bits per heavy atom. The number of anilines is 1. The van der Waals surface area contributed by atoms with Gasteiger partial charge in [0.2, 0.25) is 5.78 Å². The van der Waals surface area contributed by atoms with Gasteiger partial charge in [0.25, 0.3) is 11.8 Å². The van der Waals surface area contributed by atoms with E-state index < -0.39 is 17.6 Å². The molecular weight excluding hydrogens is 526 g/mol. The second kappa shape index (κ2) is 10.4. The zero-order valence-corrected chi connectivity index (χ0v) is 21.6. The number of benzene rings is 3.